The fourth-order valence-electron chi connectivity index (χ4n) is 4.13. The number of rotatable bonds is 3. The molecule has 0 aromatic heterocycles. The van der Waals surface area contributed by atoms with Gasteiger partial charge in [0.2, 0.25) is 5.91 Å². The summed E-state index contributed by atoms with van der Waals surface area (Å²) in [4.78, 5) is 25.4. The predicted molar refractivity (Wildman–Crippen MR) is 101 cm³/mol. The standard InChI is InChI=1S/C22H20FNO4/c1-28-20-10-13(4-7-18(20)25)16-11-21(27)24-17-8-14(9-19(26)22(16)17)12-2-5-15(23)6-3-12/h2-7,10,14,16,25H,8-9,11H2,1H3,(H,24,27). The molecule has 6 heteroatoms. The van der Waals surface area contributed by atoms with Crippen molar-refractivity contribution in [2.75, 3.05) is 7.11 Å². The minimum absolute atomic E-state index is 0.00654. The lowest BCUT2D eigenvalue weighted by atomic mass is 9.73. The summed E-state index contributed by atoms with van der Waals surface area (Å²) >= 11 is 0. The largest absolute Gasteiger partial charge is 0.504 e. The molecule has 4 rings (SSSR count). The van der Waals surface area contributed by atoms with Crippen LogP contribution in [0.3, 0.4) is 0 Å². The van der Waals surface area contributed by atoms with Crippen LogP contribution in [0.5, 0.6) is 11.5 Å². The van der Waals surface area contributed by atoms with E-state index in [-0.39, 0.29) is 41.5 Å². The summed E-state index contributed by atoms with van der Waals surface area (Å²) in [5.74, 6) is -0.653. The summed E-state index contributed by atoms with van der Waals surface area (Å²) in [5, 5.41) is 12.7. The summed E-state index contributed by atoms with van der Waals surface area (Å²) in [5.41, 5.74) is 2.89. The number of ketones is 1. The molecule has 0 fully saturated rings. The Morgan fingerprint density at radius 2 is 1.75 bits per heavy atom. The molecule has 0 radical (unpaired) electrons. The van der Waals surface area contributed by atoms with Crippen molar-refractivity contribution in [1.82, 2.24) is 5.32 Å². The molecular formula is C22H20FNO4. The van der Waals surface area contributed by atoms with Gasteiger partial charge in [-0.25, -0.2) is 4.39 Å². The highest BCUT2D eigenvalue weighted by atomic mass is 19.1. The monoisotopic (exact) mass is 381 g/mol. The van der Waals surface area contributed by atoms with Crippen LogP contribution in [0.2, 0.25) is 0 Å². The van der Waals surface area contributed by atoms with Crippen molar-refractivity contribution in [2.45, 2.75) is 31.1 Å². The number of carbonyl (C=O) groups is 2. The Bertz CT molecular complexity index is 981. The van der Waals surface area contributed by atoms with E-state index in [2.05, 4.69) is 5.32 Å². The summed E-state index contributed by atoms with van der Waals surface area (Å²) in [6.07, 6.45) is 0.996. The Labute approximate surface area is 161 Å². The van der Waals surface area contributed by atoms with Gasteiger partial charge in [0.1, 0.15) is 5.82 Å². The van der Waals surface area contributed by atoms with E-state index in [1.54, 1.807) is 24.3 Å². The number of aromatic hydroxyl groups is 1. The Hall–Kier alpha value is -3.15. The number of hydrogen-bond acceptors (Lipinski definition) is 4. The summed E-state index contributed by atoms with van der Waals surface area (Å²) in [6, 6.07) is 11.0. The molecule has 2 N–H and O–H groups in total. The second-order valence-corrected chi connectivity index (χ2v) is 7.21. The minimum Gasteiger partial charge on any atom is -0.504 e. The number of phenols is 1. The van der Waals surface area contributed by atoms with Gasteiger partial charge in [-0.2, -0.15) is 0 Å². The van der Waals surface area contributed by atoms with Gasteiger partial charge in [0, 0.05) is 30.0 Å². The highest BCUT2D eigenvalue weighted by Crippen LogP contribution is 2.43. The van der Waals surface area contributed by atoms with E-state index < -0.39 is 0 Å². The van der Waals surface area contributed by atoms with E-state index >= 15 is 0 Å². The Morgan fingerprint density at radius 1 is 1.04 bits per heavy atom. The van der Waals surface area contributed by atoms with E-state index in [0.717, 1.165) is 11.1 Å². The third-order valence-corrected chi connectivity index (χ3v) is 5.48. The number of carbonyl (C=O) groups excluding carboxylic acids is 2. The van der Waals surface area contributed by atoms with Gasteiger partial charge in [-0.1, -0.05) is 18.2 Å². The maximum Gasteiger partial charge on any atom is 0.225 e. The zero-order valence-corrected chi connectivity index (χ0v) is 15.4. The fraction of sp³-hybridized carbons (Fsp3) is 0.273. The van der Waals surface area contributed by atoms with Crippen molar-refractivity contribution in [3.05, 3.63) is 70.7 Å². The van der Waals surface area contributed by atoms with Crippen LogP contribution in [-0.2, 0) is 9.59 Å². The highest BCUT2D eigenvalue weighted by Gasteiger charge is 2.38. The maximum atomic E-state index is 13.2. The van der Waals surface area contributed by atoms with Crippen molar-refractivity contribution in [1.29, 1.82) is 0 Å². The lowest BCUT2D eigenvalue weighted by Gasteiger charge is -2.34. The molecule has 2 aliphatic rings. The van der Waals surface area contributed by atoms with Gasteiger partial charge in [-0.15, -0.1) is 0 Å². The van der Waals surface area contributed by atoms with Gasteiger partial charge in [0.05, 0.1) is 7.11 Å². The van der Waals surface area contributed by atoms with Crippen molar-refractivity contribution < 1.29 is 23.8 Å². The van der Waals surface area contributed by atoms with Crippen LogP contribution in [0.25, 0.3) is 0 Å². The van der Waals surface area contributed by atoms with Gasteiger partial charge in [-0.3, -0.25) is 9.59 Å². The molecule has 0 spiro atoms. The van der Waals surface area contributed by atoms with Crippen molar-refractivity contribution >= 4 is 11.7 Å². The molecule has 0 bridgehead atoms. The number of Topliss-reactive ketones (excluding diaryl/α,β-unsaturated/α-hetero) is 1. The molecule has 5 nitrogen and oxygen atoms in total. The van der Waals surface area contributed by atoms with Crippen molar-refractivity contribution in [3.63, 3.8) is 0 Å². The lowest BCUT2D eigenvalue weighted by molar-refractivity contribution is -0.122. The van der Waals surface area contributed by atoms with Gasteiger partial charge in [0.15, 0.2) is 17.3 Å². The smallest absolute Gasteiger partial charge is 0.225 e. The summed E-state index contributed by atoms with van der Waals surface area (Å²) < 4.78 is 18.4. The highest BCUT2D eigenvalue weighted by molar-refractivity contribution is 6.02. The van der Waals surface area contributed by atoms with Crippen LogP contribution in [-0.4, -0.2) is 23.9 Å². The number of amides is 1. The van der Waals surface area contributed by atoms with Gasteiger partial charge in [0.25, 0.3) is 0 Å². The number of hydrogen-bond donors (Lipinski definition) is 2. The van der Waals surface area contributed by atoms with E-state index in [1.165, 1.54) is 25.3 Å². The molecule has 2 aromatic rings. The normalized spacial score (nSPS) is 21.9. The van der Waals surface area contributed by atoms with Crippen molar-refractivity contribution in [2.24, 2.45) is 0 Å². The molecule has 2 aromatic carbocycles. The lowest BCUT2D eigenvalue weighted by Crippen LogP contribution is -2.38. The molecule has 2 unspecified atom stereocenters. The first-order valence-electron chi connectivity index (χ1n) is 9.14. The van der Waals surface area contributed by atoms with E-state index in [1.807, 2.05) is 0 Å². The number of methoxy groups -OCH3 is 1. The maximum absolute atomic E-state index is 13.2. The Kier molecular flexibility index (Phi) is 4.63. The van der Waals surface area contributed by atoms with Crippen LogP contribution in [0.4, 0.5) is 4.39 Å². The Morgan fingerprint density at radius 3 is 2.46 bits per heavy atom. The van der Waals surface area contributed by atoms with E-state index in [0.29, 0.717) is 29.9 Å². The van der Waals surface area contributed by atoms with Gasteiger partial charge < -0.3 is 15.2 Å². The second-order valence-electron chi connectivity index (χ2n) is 7.21. The topological polar surface area (TPSA) is 75.6 Å². The first-order chi connectivity index (χ1) is 13.5. The molecule has 0 saturated heterocycles. The van der Waals surface area contributed by atoms with Gasteiger partial charge >= 0.3 is 0 Å². The van der Waals surface area contributed by atoms with Crippen LogP contribution >= 0.6 is 0 Å². The number of halogens is 1. The number of allylic oxidation sites excluding steroid dienone is 2. The Balaban J connectivity index is 1.71. The second kappa shape index (κ2) is 7.11. The van der Waals surface area contributed by atoms with Crippen LogP contribution in [0.15, 0.2) is 53.7 Å². The van der Waals surface area contributed by atoms with Crippen molar-refractivity contribution in [3.8, 4) is 11.5 Å². The fourth-order valence-corrected chi connectivity index (χ4v) is 4.13. The molecule has 2 atom stereocenters. The zero-order valence-electron chi connectivity index (χ0n) is 15.4. The molecule has 1 aliphatic carbocycles. The quantitative estimate of drug-likeness (QED) is 0.853. The molecule has 28 heavy (non-hydrogen) atoms. The molecular weight excluding hydrogens is 361 g/mol. The molecule has 1 aliphatic heterocycles. The summed E-state index contributed by atoms with van der Waals surface area (Å²) in [6.45, 7) is 0. The SMILES string of the molecule is COc1cc(C2CC(=O)NC3=C2C(=O)CC(c2ccc(F)cc2)C3)ccc1O. The average molecular weight is 381 g/mol. The molecule has 1 amide bonds. The number of nitrogens with one attached hydrogen (secondary N) is 1. The molecule has 144 valence electrons. The van der Waals surface area contributed by atoms with E-state index in [9.17, 15) is 19.1 Å². The minimum atomic E-state index is -0.375. The molecule has 0 saturated carbocycles. The van der Waals surface area contributed by atoms with Crippen LogP contribution in [0.1, 0.15) is 42.2 Å². The van der Waals surface area contributed by atoms with E-state index in [4.69, 9.17) is 4.74 Å². The van der Waals surface area contributed by atoms with Gasteiger partial charge in [-0.05, 0) is 47.7 Å². The summed E-state index contributed by atoms with van der Waals surface area (Å²) in [7, 11) is 1.45. The third-order valence-electron chi connectivity index (χ3n) is 5.48. The average Bonchev–Trinajstić information content (AvgIpc) is 2.68. The first kappa shape index (κ1) is 18.2. The molecule has 1 heterocycles. The number of phenolic OH excluding ortho intramolecular Hbond substituents is 1. The number of benzene rings is 2. The third kappa shape index (κ3) is 3.26. The predicted octanol–water partition coefficient (Wildman–Crippen LogP) is 3.54. The number of ether oxygens (including phenoxy) is 1. The van der Waals surface area contributed by atoms with Crippen LogP contribution < -0.4 is 10.1 Å². The van der Waals surface area contributed by atoms with Crippen LogP contribution in [0, 0.1) is 5.82 Å². The zero-order chi connectivity index (χ0) is 19.8. The first-order valence-corrected chi connectivity index (χ1v) is 9.14.